The predicted octanol–water partition coefficient (Wildman–Crippen LogP) is 1.13. The van der Waals surface area contributed by atoms with Gasteiger partial charge in [0.2, 0.25) is 0 Å². The molecule has 1 amide bonds. The summed E-state index contributed by atoms with van der Waals surface area (Å²) in [6.45, 7) is 6.63. The van der Waals surface area contributed by atoms with Crippen LogP contribution in [0.25, 0.3) is 0 Å². The first-order chi connectivity index (χ1) is 11.6. The van der Waals surface area contributed by atoms with Crippen molar-refractivity contribution in [1.29, 1.82) is 0 Å². The summed E-state index contributed by atoms with van der Waals surface area (Å²) in [6.07, 6.45) is 4.94. The Morgan fingerprint density at radius 2 is 2.25 bits per heavy atom. The first kappa shape index (κ1) is 16.7. The molecular weight excluding hydrogens is 304 g/mol. The molecule has 0 aliphatic carbocycles. The lowest BCUT2D eigenvalue weighted by molar-refractivity contribution is 0.0947. The Labute approximate surface area is 142 Å². The maximum absolute atomic E-state index is 12.3. The molecule has 1 aliphatic heterocycles. The van der Waals surface area contributed by atoms with E-state index in [1.165, 1.54) is 5.56 Å². The highest BCUT2D eigenvalue weighted by Crippen LogP contribution is 2.16. The van der Waals surface area contributed by atoms with E-state index in [1.54, 1.807) is 6.07 Å². The van der Waals surface area contributed by atoms with E-state index in [0.29, 0.717) is 18.3 Å². The average molecular weight is 330 g/mol. The minimum atomic E-state index is -0.114. The van der Waals surface area contributed by atoms with Crippen LogP contribution in [0.1, 0.15) is 46.3 Å². The Kier molecular flexibility index (Phi) is 4.99. The summed E-state index contributed by atoms with van der Waals surface area (Å²) in [5.41, 5.74) is 3.87. The van der Waals surface area contributed by atoms with E-state index in [4.69, 9.17) is 0 Å². The molecule has 7 nitrogen and oxygen atoms in total. The molecule has 1 atom stereocenters. The van der Waals surface area contributed by atoms with Gasteiger partial charge >= 0.3 is 0 Å². The second kappa shape index (κ2) is 7.17. The third-order valence-corrected chi connectivity index (χ3v) is 4.81. The smallest absolute Gasteiger partial charge is 0.271 e. The Morgan fingerprint density at radius 1 is 1.42 bits per heavy atom. The van der Waals surface area contributed by atoms with Crippen molar-refractivity contribution < 1.29 is 4.79 Å². The van der Waals surface area contributed by atoms with E-state index < -0.39 is 0 Å². The number of nitrogens with zero attached hydrogens (tertiary/aromatic N) is 4. The van der Waals surface area contributed by atoms with Crippen molar-refractivity contribution in [3.63, 3.8) is 0 Å². The van der Waals surface area contributed by atoms with Gasteiger partial charge in [-0.2, -0.15) is 10.2 Å². The summed E-state index contributed by atoms with van der Waals surface area (Å²) in [6, 6.07) is 2.14. The van der Waals surface area contributed by atoms with Gasteiger partial charge in [-0.1, -0.05) is 0 Å². The molecule has 0 radical (unpaired) electrons. The molecule has 2 N–H and O–H groups in total. The van der Waals surface area contributed by atoms with Gasteiger partial charge in [-0.15, -0.1) is 0 Å². The van der Waals surface area contributed by atoms with Crippen LogP contribution in [-0.4, -0.2) is 45.1 Å². The van der Waals surface area contributed by atoms with Gasteiger partial charge in [-0.05, 0) is 51.3 Å². The molecule has 24 heavy (non-hydrogen) atoms. The van der Waals surface area contributed by atoms with Crippen LogP contribution in [0.2, 0.25) is 0 Å². The highest BCUT2D eigenvalue weighted by Gasteiger charge is 2.17. The van der Waals surface area contributed by atoms with Crippen LogP contribution in [0.15, 0.2) is 12.3 Å². The monoisotopic (exact) mass is 330 g/mol. The largest absolute Gasteiger partial charge is 0.350 e. The maximum Gasteiger partial charge on any atom is 0.271 e. The summed E-state index contributed by atoms with van der Waals surface area (Å²) in [5, 5.41) is 15.2. The van der Waals surface area contributed by atoms with Crippen molar-refractivity contribution >= 4 is 5.91 Å². The van der Waals surface area contributed by atoms with Crippen LogP contribution in [0, 0.1) is 13.8 Å². The fourth-order valence-electron chi connectivity index (χ4n) is 3.29. The molecule has 0 bridgehead atoms. The Morgan fingerprint density at radius 3 is 2.92 bits per heavy atom. The molecule has 3 rings (SSSR count). The fourth-order valence-corrected chi connectivity index (χ4v) is 3.29. The normalized spacial score (nSPS) is 17.9. The number of nitrogens with one attached hydrogen (secondary N) is 2. The summed E-state index contributed by atoms with van der Waals surface area (Å²) in [7, 11) is 1.94. The highest BCUT2D eigenvalue weighted by molar-refractivity contribution is 5.92. The van der Waals surface area contributed by atoms with E-state index in [9.17, 15) is 4.79 Å². The molecule has 1 aliphatic rings. The van der Waals surface area contributed by atoms with E-state index in [-0.39, 0.29) is 5.91 Å². The number of piperidine rings is 1. The number of carbonyl (C=O) groups is 1. The molecule has 7 heteroatoms. The summed E-state index contributed by atoms with van der Waals surface area (Å²) < 4.78 is 3.79. The van der Waals surface area contributed by atoms with Crippen molar-refractivity contribution in [3.05, 3.63) is 34.9 Å². The van der Waals surface area contributed by atoms with Gasteiger partial charge in [0.25, 0.3) is 5.91 Å². The first-order valence-electron chi connectivity index (χ1n) is 8.59. The second-order valence-corrected chi connectivity index (χ2v) is 6.46. The van der Waals surface area contributed by atoms with Crippen molar-refractivity contribution in [2.24, 2.45) is 7.05 Å². The number of carbonyl (C=O) groups excluding carboxylic acids is 1. The van der Waals surface area contributed by atoms with Crippen LogP contribution in [0.4, 0.5) is 0 Å². The minimum absolute atomic E-state index is 0.114. The van der Waals surface area contributed by atoms with Crippen molar-refractivity contribution in [2.75, 3.05) is 19.6 Å². The molecule has 0 spiro atoms. The number of hydrogen-bond acceptors (Lipinski definition) is 4. The quantitative estimate of drug-likeness (QED) is 0.862. The lowest BCUT2D eigenvalue weighted by Gasteiger charge is -2.22. The standard InChI is InChI=1S/C17H26N6O/c1-12-15(13(2)22(3)20-12)6-9-19-17(24)16-7-10-23(21-16)14-5-4-8-18-11-14/h7,10,14,18H,4-6,8-9,11H2,1-3H3,(H,19,24). The van der Waals surface area contributed by atoms with Crippen molar-refractivity contribution in [2.45, 2.75) is 39.2 Å². The molecule has 0 aromatic carbocycles. The number of aryl methyl sites for hydroxylation is 2. The molecule has 2 aromatic rings. The van der Waals surface area contributed by atoms with E-state index in [2.05, 4.69) is 27.8 Å². The van der Waals surface area contributed by atoms with Crippen LogP contribution in [0.5, 0.6) is 0 Å². The van der Waals surface area contributed by atoms with Crippen molar-refractivity contribution in [3.8, 4) is 0 Å². The van der Waals surface area contributed by atoms with E-state index >= 15 is 0 Å². The number of aromatic nitrogens is 4. The zero-order chi connectivity index (χ0) is 17.1. The highest BCUT2D eigenvalue weighted by atomic mass is 16.1. The molecule has 0 saturated carbocycles. The van der Waals surface area contributed by atoms with Gasteiger partial charge in [0, 0.05) is 32.0 Å². The summed E-state index contributed by atoms with van der Waals surface area (Å²) in [5.74, 6) is -0.114. The average Bonchev–Trinajstić information content (AvgIpc) is 3.16. The van der Waals surface area contributed by atoms with Gasteiger partial charge in [0.1, 0.15) is 5.69 Å². The minimum Gasteiger partial charge on any atom is -0.350 e. The van der Waals surface area contributed by atoms with Crippen LogP contribution >= 0.6 is 0 Å². The number of hydrogen-bond donors (Lipinski definition) is 2. The van der Waals surface area contributed by atoms with Gasteiger partial charge in [0.05, 0.1) is 11.7 Å². The summed E-state index contributed by atoms with van der Waals surface area (Å²) >= 11 is 0. The Hall–Kier alpha value is -2.15. The van der Waals surface area contributed by atoms with Crippen LogP contribution in [-0.2, 0) is 13.5 Å². The molecule has 130 valence electrons. The van der Waals surface area contributed by atoms with Gasteiger partial charge in [0.15, 0.2) is 0 Å². The number of rotatable bonds is 5. The lowest BCUT2D eigenvalue weighted by Crippen LogP contribution is -2.32. The predicted molar refractivity (Wildman–Crippen MR) is 92.1 cm³/mol. The lowest BCUT2D eigenvalue weighted by atomic mass is 10.1. The fraction of sp³-hybridized carbons (Fsp3) is 0.588. The van der Waals surface area contributed by atoms with E-state index in [0.717, 1.165) is 43.7 Å². The topological polar surface area (TPSA) is 76.8 Å². The van der Waals surface area contributed by atoms with Crippen LogP contribution in [0.3, 0.4) is 0 Å². The molecule has 1 fully saturated rings. The zero-order valence-corrected chi connectivity index (χ0v) is 14.7. The van der Waals surface area contributed by atoms with Gasteiger partial charge in [-0.25, -0.2) is 0 Å². The molecule has 3 heterocycles. The summed E-state index contributed by atoms with van der Waals surface area (Å²) in [4.78, 5) is 12.3. The molecular formula is C17H26N6O. The van der Waals surface area contributed by atoms with Crippen molar-refractivity contribution in [1.82, 2.24) is 30.2 Å². The SMILES string of the molecule is Cc1nn(C)c(C)c1CCNC(=O)c1ccn(C2CCCNC2)n1. The van der Waals surface area contributed by atoms with Crippen LogP contribution < -0.4 is 10.6 Å². The van der Waals surface area contributed by atoms with Gasteiger partial charge < -0.3 is 10.6 Å². The Bertz CT molecular complexity index is 711. The molecule has 1 saturated heterocycles. The zero-order valence-electron chi connectivity index (χ0n) is 14.7. The third-order valence-electron chi connectivity index (χ3n) is 4.81. The third kappa shape index (κ3) is 3.51. The number of amides is 1. The molecule has 2 aromatic heterocycles. The van der Waals surface area contributed by atoms with Gasteiger partial charge in [-0.3, -0.25) is 14.2 Å². The second-order valence-electron chi connectivity index (χ2n) is 6.46. The maximum atomic E-state index is 12.3. The Balaban J connectivity index is 1.54. The molecule has 1 unspecified atom stereocenters. The van der Waals surface area contributed by atoms with E-state index in [1.807, 2.05) is 29.5 Å². The first-order valence-corrected chi connectivity index (χ1v) is 8.59.